The van der Waals surface area contributed by atoms with E-state index in [1.54, 1.807) is 0 Å². The molecule has 2 atom stereocenters. The summed E-state index contributed by atoms with van der Waals surface area (Å²) >= 11 is 0. The molecular weight excluding hydrogens is 260 g/mol. The minimum Gasteiger partial charge on any atom is -0.492 e. The number of ether oxygens (including phenoxy) is 1. The maximum Gasteiger partial charge on any atom is 0.119 e. The first kappa shape index (κ1) is 18.0. The highest BCUT2D eigenvalue weighted by molar-refractivity contribution is 5.20. The van der Waals surface area contributed by atoms with E-state index in [1.807, 2.05) is 30.3 Å². The van der Waals surface area contributed by atoms with Gasteiger partial charge in [-0.15, -0.1) is 0 Å². The zero-order valence-electron chi connectivity index (χ0n) is 13.5. The molecule has 1 rings (SSSR count). The highest BCUT2D eigenvalue weighted by atomic mass is 16.5. The van der Waals surface area contributed by atoms with E-state index in [9.17, 15) is 0 Å². The molecule has 120 valence electrons. The van der Waals surface area contributed by atoms with Crippen LogP contribution in [0.15, 0.2) is 30.3 Å². The Morgan fingerprint density at radius 2 is 1.57 bits per heavy atom. The molecule has 0 bridgehead atoms. The third kappa shape index (κ3) is 9.48. The Morgan fingerprint density at radius 3 is 2.29 bits per heavy atom. The van der Waals surface area contributed by atoms with E-state index in [2.05, 4.69) is 6.92 Å². The van der Waals surface area contributed by atoms with Gasteiger partial charge in [0, 0.05) is 12.1 Å². The Balaban J connectivity index is 2.03. The van der Waals surface area contributed by atoms with E-state index in [0.29, 0.717) is 6.61 Å². The van der Waals surface area contributed by atoms with Crippen LogP contribution in [0.1, 0.15) is 58.3 Å². The van der Waals surface area contributed by atoms with Crippen molar-refractivity contribution in [1.29, 1.82) is 0 Å². The number of hydrogen-bond donors (Lipinski definition) is 2. The zero-order valence-corrected chi connectivity index (χ0v) is 13.5. The number of unbranched alkanes of at least 4 members (excludes halogenated alkanes) is 5. The molecule has 2 unspecified atom stereocenters. The molecule has 0 aliphatic carbocycles. The summed E-state index contributed by atoms with van der Waals surface area (Å²) in [5.41, 5.74) is 12.2. The van der Waals surface area contributed by atoms with Crippen LogP contribution in [0.25, 0.3) is 0 Å². The first-order valence-electron chi connectivity index (χ1n) is 8.41. The van der Waals surface area contributed by atoms with Crippen LogP contribution in [0.3, 0.4) is 0 Å². The average Bonchev–Trinajstić information content (AvgIpc) is 2.50. The van der Waals surface area contributed by atoms with Gasteiger partial charge in [0.2, 0.25) is 0 Å². The molecule has 1 aromatic rings. The average molecular weight is 292 g/mol. The van der Waals surface area contributed by atoms with Gasteiger partial charge in [-0.2, -0.15) is 0 Å². The quantitative estimate of drug-likeness (QED) is 0.575. The predicted octanol–water partition coefficient (Wildman–Crippen LogP) is 3.86. The highest BCUT2D eigenvalue weighted by Crippen LogP contribution is 2.11. The van der Waals surface area contributed by atoms with Crippen molar-refractivity contribution < 1.29 is 4.74 Å². The summed E-state index contributed by atoms with van der Waals surface area (Å²) in [5, 5.41) is 0. The van der Waals surface area contributed by atoms with Gasteiger partial charge in [-0.3, -0.25) is 0 Å². The van der Waals surface area contributed by atoms with E-state index < -0.39 is 0 Å². The normalized spacial score (nSPS) is 13.9. The van der Waals surface area contributed by atoms with Crippen LogP contribution in [-0.4, -0.2) is 18.7 Å². The summed E-state index contributed by atoms with van der Waals surface area (Å²) in [6.07, 6.45) is 9.77. The zero-order chi connectivity index (χ0) is 15.3. The van der Waals surface area contributed by atoms with Gasteiger partial charge in [0.25, 0.3) is 0 Å². The summed E-state index contributed by atoms with van der Waals surface area (Å²) in [4.78, 5) is 0. The lowest BCUT2D eigenvalue weighted by molar-refractivity contribution is 0.273. The number of nitrogens with two attached hydrogens (primary N) is 2. The number of rotatable bonds is 12. The van der Waals surface area contributed by atoms with Gasteiger partial charge in [-0.25, -0.2) is 0 Å². The van der Waals surface area contributed by atoms with Gasteiger partial charge in [0.15, 0.2) is 0 Å². The Kier molecular flexibility index (Phi) is 9.92. The summed E-state index contributed by atoms with van der Waals surface area (Å²) in [7, 11) is 0. The van der Waals surface area contributed by atoms with Gasteiger partial charge in [-0.05, 0) is 25.0 Å². The van der Waals surface area contributed by atoms with Crippen LogP contribution in [-0.2, 0) is 0 Å². The van der Waals surface area contributed by atoms with Crippen molar-refractivity contribution in [3.8, 4) is 5.75 Å². The van der Waals surface area contributed by atoms with Crippen LogP contribution < -0.4 is 16.2 Å². The Labute approximate surface area is 130 Å². The van der Waals surface area contributed by atoms with Gasteiger partial charge < -0.3 is 16.2 Å². The summed E-state index contributed by atoms with van der Waals surface area (Å²) in [5.74, 6) is 0.873. The van der Waals surface area contributed by atoms with E-state index in [-0.39, 0.29) is 12.1 Å². The summed E-state index contributed by atoms with van der Waals surface area (Å²) in [6.45, 7) is 2.78. The van der Waals surface area contributed by atoms with Gasteiger partial charge in [-0.1, -0.05) is 63.6 Å². The van der Waals surface area contributed by atoms with Crippen molar-refractivity contribution in [3.05, 3.63) is 30.3 Å². The lowest BCUT2D eigenvalue weighted by atomic mass is 10.0. The molecule has 4 N–H and O–H groups in total. The second kappa shape index (κ2) is 11.6. The first-order chi connectivity index (χ1) is 10.2. The summed E-state index contributed by atoms with van der Waals surface area (Å²) < 4.78 is 5.66. The summed E-state index contributed by atoms with van der Waals surface area (Å²) in [6, 6.07) is 10.0. The Morgan fingerprint density at radius 1 is 0.905 bits per heavy atom. The van der Waals surface area contributed by atoms with Crippen LogP contribution >= 0.6 is 0 Å². The third-order valence-corrected chi connectivity index (χ3v) is 3.74. The van der Waals surface area contributed by atoms with Crippen LogP contribution in [0.4, 0.5) is 0 Å². The van der Waals surface area contributed by atoms with Crippen LogP contribution in [0, 0.1) is 0 Å². The lowest BCUT2D eigenvalue weighted by Crippen LogP contribution is -2.35. The fourth-order valence-corrected chi connectivity index (χ4v) is 2.48. The van der Waals surface area contributed by atoms with Gasteiger partial charge in [0.1, 0.15) is 12.4 Å². The Bertz CT molecular complexity index is 342. The molecule has 21 heavy (non-hydrogen) atoms. The van der Waals surface area contributed by atoms with Gasteiger partial charge in [0.05, 0.1) is 0 Å². The molecule has 0 heterocycles. The van der Waals surface area contributed by atoms with Crippen molar-refractivity contribution in [2.75, 3.05) is 6.61 Å². The molecule has 0 aliphatic heterocycles. The van der Waals surface area contributed by atoms with Crippen molar-refractivity contribution >= 4 is 0 Å². The molecule has 0 spiro atoms. The molecule has 0 aliphatic rings. The van der Waals surface area contributed by atoms with Crippen LogP contribution in [0.2, 0.25) is 0 Å². The molecular formula is C18H32N2O. The molecule has 3 nitrogen and oxygen atoms in total. The van der Waals surface area contributed by atoms with Crippen molar-refractivity contribution in [2.24, 2.45) is 11.5 Å². The van der Waals surface area contributed by atoms with Gasteiger partial charge >= 0.3 is 0 Å². The standard InChI is InChI=1S/C18H32N2O/c1-2-3-4-5-6-8-11-16(19)14-17(20)15-21-18-12-9-7-10-13-18/h7,9-10,12-13,16-17H,2-6,8,11,14-15,19-20H2,1H3. The number of para-hydroxylation sites is 1. The first-order valence-corrected chi connectivity index (χ1v) is 8.41. The second-order valence-electron chi connectivity index (χ2n) is 5.94. The lowest BCUT2D eigenvalue weighted by Gasteiger charge is -2.18. The van der Waals surface area contributed by atoms with Crippen molar-refractivity contribution in [2.45, 2.75) is 70.4 Å². The number of benzene rings is 1. The third-order valence-electron chi connectivity index (χ3n) is 3.74. The largest absolute Gasteiger partial charge is 0.492 e. The minimum absolute atomic E-state index is 0.0142. The topological polar surface area (TPSA) is 61.3 Å². The predicted molar refractivity (Wildman–Crippen MR) is 90.5 cm³/mol. The maximum absolute atomic E-state index is 6.15. The van der Waals surface area contributed by atoms with Crippen molar-refractivity contribution in [1.82, 2.24) is 0 Å². The monoisotopic (exact) mass is 292 g/mol. The molecule has 0 fully saturated rings. The van der Waals surface area contributed by atoms with Crippen molar-refractivity contribution in [3.63, 3.8) is 0 Å². The fraction of sp³-hybridized carbons (Fsp3) is 0.667. The molecule has 0 aromatic heterocycles. The number of hydrogen-bond acceptors (Lipinski definition) is 3. The molecule has 0 saturated carbocycles. The highest BCUT2D eigenvalue weighted by Gasteiger charge is 2.10. The second-order valence-corrected chi connectivity index (χ2v) is 5.94. The van der Waals surface area contributed by atoms with E-state index in [0.717, 1.165) is 18.6 Å². The van der Waals surface area contributed by atoms with E-state index in [4.69, 9.17) is 16.2 Å². The molecule has 1 aromatic carbocycles. The maximum atomic E-state index is 6.15. The Hall–Kier alpha value is -1.06. The van der Waals surface area contributed by atoms with E-state index >= 15 is 0 Å². The van der Waals surface area contributed by atoms with Crippen LogP contribution in [0.5, 0.6) is 5.75 Å². The molecule has 0 saturated heterocycles. The fourth-order valence-electron chi connectivity index (χ4n) is 2.48. The molecule has 0 amide bonds. The SMILES string of the molecule is CCCCCCCCC(N)CC(N)COc1ccccc1. The smallest absolute Gasteiger partial charge is 0.119 e. The molecule has 3 heteroatoms. The minimum atomic E-state index is 0.0142. The van der Waals surface area contributed by atoms with E-state index in [1.165, 1.54) is 38.5 Å². The molecule has 0 radical (unpaired) electrons.